The summed E-state index contributed by atoms with van der Waals surface area (Å²) in [6.45, 7) is 14.6. The fourth-order valence-electron chi connectivity index (χ4n) is 4.25. The molecule has 0 spiro atoms. The number of aromatic nitrogens is 1. The van der Waals surface area contributed by atoms with E-state index in [0.29, 0.717) is 36.3 Å². The maximum atomic E-state index is 14.6. The first-order chi connectivity index (χ1) is 17.1. The summed E-state index contributed by atoms with van der Waals surface area (Å²) >= 11 is 0. The van der Waals surface area contributed by atoms with Crippen molar-refractivity contribution in [3.63, 3.8) is 0 Å². The normalized spacial score (nSPS) is 18.1. The molecule has 0 unspecified atom stereocenters. The minimum atomic E-state index is -0.870. The summed E-state index contributed by atoms with van der Waals surface area (Å²) in [5.41, 5.74) is 4.68. The van der Waals surface area contributed by atoms with Crippen molar-refractivity contribution in [3.05, 3.63) is 83.0 Å². The number of allylic oxidation sites excluding steroid dienone is 4. The van der Waals surface area contributed by atoms with Gasteiger partial charge < -0.3 is 19.3 Å². The Kier molecular flexibility index (Phi) is 9.46. The molecule has 194 valence electrons. The molecular weight excluding hydrogens is 457 g/mol. The zero-order valence-electron chi connectivity index (χ0n) is 22.1. The maximum Gasteiger partial charge on any atom is 0.213 e. The van der Waals surface area contributed by atoms with Crippen LogP contribution in [0.4, 0.5) is 4.39 Å². The molecule has 1 aliphatic rings. The van der Waals surface area contributed by atoms with Crippen LogP contribution in [0.15, 0.2) is 66.0 Å². The number of rotatable bonds is 11. The van der Waals surface area contributed by atoms with Gasteiger partial charge in [-0.3, -0.25) is 0 Å². The summed E-state index contributed by atoms with van der Waals surface area (Å²) in [4.78, 5) is 4.52. The molecule has 1 aromatic carbocycles. The van der Waals surface area contributed by atoms with Crippen molar-refractivity contribution in [3.8, 4) is 17.0 Å². The van der Waals surface area contributed by atoms with E-state index in [4.69, 9.17) is 14.2 Å². The van der Waals surface area contributed by atoms with E-state index in [2.05, 4.69) is 31.5 Å². The Morgan fingerprint density at radius 2 is 1.94 bits per heavy atom. The number of hydrogen-bond acceptors (Lipinski definition) is 5. The number of hydrogen-bond donors (Lipinski definition) is 1. The number of aliphatic hydroxyl groups is 1. The average molecular weight is 496 g/mol. The summed E-state index contributed by atoms with van der Waals surface area (Å²) in [5.74, 6) is 1.32. The number of halogens is 1. The molecular formula is C30H38FNO4. The van der Waals surface area contributed by atoms with Crippen molar-refractivity contribution in [1.82, 2.24) is 4.98 Å². The first kappa shape index (κ1) is 27.6. The lowest BCUT2D eigenvalue weighted by Crippen LogP contribution is -2.27. The smallest absolute Gasteiger partial charge is 0.213 e. The van der Waals surface area contributed by atoms with Crippen molar-refractivity contribution < 1.29 is 23.7 Å². The quantitative estimate of drug-likeness (QED) is 0.278. The lowest BCUT2D eigenvalue weighted by Gasteiger charge is -2.17. The molecule has 6 heteroatoms. The second kappa shape index (κ2) is 12.3. The predicted molar refractivity (Wildman–Crippen MR) is 141 cm³/mol. The van der Waals surface area contributed by atoms with Crippen LogP contribution in [0.25, 0.3) is 11.1 Å². The molecule has 1 N–H and O–H groups in total. The second-order valence-corrected chi connectivity index (χ2v) is 10.1. The number of pyridine rings is 1. The lowest BCUT2D eigenvalue weighted by atomic mass is 10.0. The Balaban J connectivity index is 1.61. The number of nitrogens with zero attached hydrogens (tertiary/aromatic N) is 1. The Morgan fingerprint density at radius 3 is 2.64 bits per heavy atom. The van der Waals surface area contributed by atoms with Gasteiger partial charge in [0.05, 0.1) is 18.8 Å². The van der Waals surface area contributed by atoms with Gasteiger partial charge in [-0.1, -0.05) is 25.6 Å². The van der Waals surface area contributed by atoms with Crippen LogP contribution in [0, 0.1) is 18.7 Å². The predicted octanol–water partition coefficient (Wildman–Crippen LogP) is 6.70. The molecule has 36 heavy (non-hydrogen) atoms. The standard InChI is InChI=1S/C30H38FNO4/c1-7-23-14-20(2)15-25(23)16-21(3)36-18-26-17-24(8-10-28(26)31)27-9-11-29(32-22(27)4)35-13-12-34-19-30(5,6)33/h7-11,16-17,20,33H,3,12-15,18-19H2,1-2,4-6H3/b23-7-,25-16-/t20-/m1/s1. The van der Waals surface area contributed by atoms with Gasteiger partial charge in [-0.15, -0.1) is 0 Å². The monoisotopic (exact) mass is 495 g/mol. The highest BCUT2D eigenvalue weighted by Crippen LogP contribution is 2.35. The van der Waals surface area contributed by atoms with Gasteiger partial charge in [-0.2, -0.15) is 0 Å². The number of ether oxygens (including phenoxy) is 3. The largest absolute Gasteiger partial charge is 0.489 e. The van der Waals surface area contributed by atoms with Crippen LogP contribution in [-0.4, -0.2) is 35.5 Å². The molecule has 0 bridgehead atoms. The highest BCUT2D eigenvalue weighted by atomic mass is 19.1. The minimum Gasteiger partial charge on any atom is -0.489 e. The van der Waals surface area contributed by atoms with E-state index >= 15 is 0 Å². The number of aryl methyl sites for hydroxylation is 1. The van der Waals surface area contributed by atoms with Gasteiger partial charge in [0.1, 0.15) is 24.8 Å². The highest BCUT2D eigenvalue weighted by Gasteiger charge is 2.20. The third-order valence-corrected chi connectivity index (χ3v) is 6.00. The second-order valence-electron chi connectivity index (χ2n) is 10.1. The Bertz CT molecular complexity index is 1130. The van der Waals surface area contributed by atoms with Crippen molar-refractivity contribution >= 4 is 0 Å². The van der Waals surface area contributed by atoms with Gasteiger partial charge in [0.15, 0.2) is 0 Å². The van der Waals surface area contributed by atoms with E-state index in [1.54, 1.807) is 32.0 Å². The molecule has 0 saturated heterocycles. The molecule has 5 nitrogen and oxygen atoms in total. The third kappa shape index (κ3) is 8.04. The molecule has 0 radical (unpaired) electrons. The van der Waals surface area contributed by atoms with Gasteiger partial charge in [0.2, 0.25) is 5.88 Å². The molecule has 1 aliphatic carbocycles. The van der Waals surface area contributed by atoms with Crippen molar-refractivity contribution in [2.24, 2.45) is 5.92 Å². The topological polar surface area (TPSA) is 60.8 Å². The molecule has 0 amide bonds. The van der Waals surface area contributed by atoms with Gasteiger partial charge in [0.25, 0.3) is 0 Å². The van der Waals surface area contributed by atoms with E-state index < -0.39 is 5.60 Å². The lowest BCUT2D eigenvalue weighted by molar-refractivity contribution is -0.0273. The van der Waals surface area contributed by atoms with E-state index in [1.807, 2.05) is 19.1 Å². The summed E-state index contributed by atoms with van der Waals surface area (Å²) in [6, 6.07) is 8.68. The van der Waals surface area contributed by atoms with Crippen LogP contribution in [0.5, 0.6) is 5.88 Å². The maximum absolute atomic E-state index is 14.6. The number of benzene rings is 1. The summed E-state index contributed by atoms with van der Waals surface area (Å²) in [6.07, 6.45) is 6.19. The van der Waals surface area contributed by atoms with Crippen LogP contribution in [0.3, 0.4) is 0 Å². The third-order valence-electron chi connectivity index (χ3n) is 6.00. The van der Waals surface area contributed by atoms with Crippen LogP contribution in [0.2, 0.25) is 0 Å². The average Bonchev–Trinajstić information content (AvgIpc) is 3.16. The Morgan fingerprint density at radius 1 is 1.19 bits per heavy atom. The fourth-order valence-corrected chi connectivity index (χ4v) is 4.25. The first-order valence-corrected chi connectivity index (χ1v) is 12.4. The summed E-state index contributed by atoms with van der Waals surface area (Å²) in [7, 11) is 0. The molecule has 0 aliphatic heterocycles. The van der Waals surface area contributed by atoms with Gasteiger partial charge >= 0.3 is 0 Å². The molecule has 1 atom stereocenters. The van der Waals surface area contributed by atoms with Crippen molar-refractivity contribution in [2.45, 2.75) is 59.7 Å². The first-order valence-electron chi connectivity index (χ1n) is 12.4. The van der Waals surface area contributed by atoms with Crippen molar-refractivity contribution in [1.29, 1.82) is 0 Å². The minimum absolute atomic E-state index is 0.0985. The molecule has 2 aromatic rings. The highest BCUT2D eigenvalue weighted by molar-refractivity contribution is 5.67. The van der Waals surface area contributed by atoms with Gasteiger partial charge in [-0.25, -0.2) is 9.37 Å². The molecule has 3 rings (SSSR count). The summed E-state index contributed by atoms with van der Waals surface area (Å²) < 4.78 is 31.4. The van der Waals surface area contributed by atoms with Crippen LogP contribution in [0.1, 0.15) is 51.8 Å². The molecule has 1 saturated carbocycles. The van der Waals surface area contributed by atoms with Gasteiger partial charge in [0, 0.05) is 22.9 Å². The van der Waals surface area contributed by atoms with E-state index in [0.717, 1.165) is 29.7 Å². The van der Waals surface area contributed by atoms with Crippen molar-refractivity contribution in [2.75, 3.05) is 19.8 Å². The van der Waals surface area contributed by atoms with E-state index in [-0.39, 0.29) is 19.0 Å². The fraction of sp³-hybridized carbons (Fsp3) is 0.433. The van der Waals surface area contributed by atoms with Crippen LogP contribution in [-0.2, 0) is 16.1 Å². The zero-order valence-corrected chi connectivity index (χ0v) is 22.1. The van der Waals surface area contributed by atoms with E-state index in [1.165, 1.54) is 17.2 Å². The SMILES string of the molecule is C=C(/C=C1/C[C@H](C)C/C1=C/C)OCc1cc(-c2ccc(OCCOCC(C)(C)O)nc2C)ccc1F. The zero-order chi connectivity index (χ0) is 26.3. The Hall–Kier alpha value is -2.96. The summed E-state index contributed by atoms with van der Waals surface area (Å²) in [5, 5.41) is 9.67. The molecule has 1 heterocycles. The molecule has 1 aromatic heterocycles. The van der Waals surface area contributed by atoms with Gasteiger partial charge in [-0.05, 0) is 87.4 Å². The Labute approximate surface area is 214 Å². The van der Waals surface area contributed by atoms with Crippen LogP contribution >= 0.6 is 0 Å². The molecule has 1 fully saturated rings. The van der Waals surface area contributed by atoms with E-state index in [9.17, 15) is 9.50 Å². The van der Waals surface area contributed by atoms with Crippen LogP contribution < -0.4 is 4.74 Å².